The standard InChI is InChI=1S/C14H27N3O3S/c1-12(14(18)16-8-4-3-5-9-16)15-13-6-10-17(11-7-13)21(2,19)20/h12-13,15H,3-11H2,1-2H3. The van der Waals surface area contributed by atoms with E-state index in [0.717, 1.165) is 38.8 Å². The SMILES string of the molecule is CC(NC1CCN(S(C)(=O)=O)CC1)C(=O)N1CCCCC1. The van der Waals surface area contributed by atoms with E-state index in [9.17, 15) is 13.2 Å². The summed E-state index contributed by atoms with van der Waals surface area (Å²) in [6.45, 7) is 4.75. The molecule has 0 aromatic rings. The van der Waals surface area contributed by atoms with E-state index in [1.165, 1.54) is 17.0 Å². The Morgan fingerprint density at radius 2 is 1.67 bits per heavy atom. The molecule has 2 heterocycles. The Bertz CT molecular complexity index is 452. The lowest BCUT2D eigenvalue weighted by Crippen LogP contribution is -2.52. The first kappa shape index (κ1) is 16.7. The van der Waals surface area contributed by atoms with Crippen molar-refractivity contribution in [2.24, 2.45) is 0 Å². The van der Waals surface area contributed by atoms with E-state index in [0.29, 0.717) is 13.1 Å². The van der Waals surface area contributed by atoms with Crippen molar-refractivity contribution in [2.75, 3.05) is 32.4 Å². The summed E-state index contributed by atoms with van der Waals surface area (Å²) in [7, 11) is -3.08. The van der Waals surface area contributed by atoms with Gasteiger partial charge >= 0.3 is 0 Å². The van der Waals surface area contributed by atoms with Gasteiger partial charge in [-0.25, -0.2) is 12.7 Å². The highest BCUT2D eigenvalue weighted by molar-refractivity contribution is 7.88. The van der Waals surface area contributed by atoms with Crippen molar-refractivity contribution in [1.82, 2.24) is 14.5 Å². The smallest absolute Gasteiger partial charge is 0.239 e. The summed E-state index contributed by atoms with van der Waals surface area (Å²) in [4.78, 5) is 14.3. The monoisotopic (exact) mass is 317 g/mol. The first-order valence-electron chi connectivity index (χ1n) is 7.88. The van der Waals surface area contributed by atoms with Gasteiger partial charge in [-0.1, -0.05) is 0 Å². The molecule has 2 aliphatic heterocycles. The topological polar surface area (TPSA) is 69.7 Å². The molecule has 6 nitrogen and oxygen atoms in total. The van der Waals surface area contributed by atoms with Crippen LogP contribution in [0.3, 0.4) is 0 Å². The second-order valence-electron chi connectivity index (χ2n) is 6.21. The maximum absolute atomic E-state index is 12.4. The van der Waals surface area contributed by atoms with Gasteiger partial charge in [0.1, 0.15) is 0 Å². The Hall–Kier alpha value is -0.660. The molecule has 1 atom stereocenters. The molecular weight excluding hydrogens is 290 g/mol. The fourth-order valence-corrected chi connectivity index (χ4v) is 4.04. The van der Waals surface area contributed by atoms with E-state index in [2.05, 4.69) is 5.32 Å². The predicted molar refractivity (Wildman–Crippen MR) is 82.5 cm³/mol. The number of rotatable bonds is 4. The summed E-state index contributed by atoms with van der Waals surface area (Å²) in [5.74, 6) is 0.181. The van der Waals surface area contributed by atoms with Crippen LogP contribution in [-0.2, 0) is 14.8 Å². The second-order valence-corrected chi connectivity index (χ2v) is 8.19. The Morgan fingerprint density at radius 3 is 2.19 bits per heavy atom. The first-order chi connectivity index (χ1) is 9.88. The molecule has 2 aliphatic rings. The minimum absolute atomic E-state index is 0.181. The van der Waals surface area contributed by atoms with Gasteiger partial charge in [-0.2, -0.15) is 0 Å². The summed E-state index contributed by atoms with van der Waals surface area (Å²) in [6, 6.07) is 0.0459. The van der Waals surface area contributed by atoms with Gasteiger partial charge in [0.05, 0.1) is 12.3 Å². The van der Waals surface area contributed by atoms with Crippen LogP contribution in [0.4, 0.5) is 0 Å². The number of carbonyl (C=O) groups excluding carboxylic acids is 1. The zero-order chi connectivity index (χ0) is 15.5. The molecule has 21 heavy (non-hydrogen) atoms. The average Bonchev–Trinajstić information content (AvgIpc) is 2.47. The molecule has 1 amide bonds. The highest BCUT2D eigenvalue weighted by atomic mass is 32.2. The molecule has 0 radical (unpaired) electrons. The third kappa shape index (κ3) is 4.66. The lowest BCUT2D eigenvalue weighted by atomic mass is 10.0. The van der Waals surface area contributed by atoms with E-state index in [1.807, 2.05) is 11.8 Å². The van der Waals surface area contributed by atoms with E-state index in [1.54, 1.807) is 0 Å². The molecule has 2 saturated heterocycles. The van der Waals surface area contributed by atoms with Gasteiger partial charge in [-0.15, -0.1) is 0 Å². The minimum atomic E-state index is -3.08. The second kappa shape index (κ2) is 7.07. The number of hydrogen-bond donors (Lipinski definition) is 1. The van der Waals surface area contributed by atoms with Gasteiger partial charge in [0, 0.05) is 32.2 Å². The average molecular weight is 317 g/mol. The third-order valence-electron chi connectivity index (χ3n) is 4.45. The number of likely N-dealkylation sites (tertiary alicyclic amines) is 1. The van der Waals surface area contributed by atoms with Crippen LogP contribution in [0.2, 0.25) is 0 Å². The van der Waals surface area contributed by atoms with Gasteiger partial charge in [-0.3, -0.25) is 4.79 Å². The van der Waals surface area contributed by atoms with Gasteiger partial charge in [-0.05, 0) is 39.0 Å². The fourth-order valence-electron chi connectivity index (χ4n) is 3.17. The molecule has 7 heteroatoms. The molecular formula is C14H27N3O3S. The van der Waals surface area contributed by atoms with Crippen LogP contribution in [-0.4, -0.2) is 68.0 Å². The van der Waals surface area contributed by atoms with Crippen LogP contribution in [0.25, 0.3) is 0 Å². The van der Waals surface area contributed by atoms with E-state index >= 15 is 0 Å². The first-order valence-corrected chi connectivity index (χ1v) is 9.72. The van der Waals surface area contributed by atoms with Gasteiger partial charge in [0.2, 0.25) is 15.9 Å². The normalized spacial score (nSPS) is 24.0. The lowest BCUT2D eigenvalue weighted by Gasteiger charge is -2.34. The van der Waals surface area contributed by atoms with Crippen LogP contribution in [0.1, 0.15) is 39.0 Å². The Morgan fingerprint density at radius 1 is 1.10 bits per heavy atom. The summed E-state index contributed by atoms with van der Waals surface area (Å²) in [5, 5.41) is 3.38. The Labute approximate surface area is 127 Å². The predicted octanol–water partition coefficient (Wildman–Crippen LogP) is 0.401. The number of carbonyl (C=O) groups is 1. The van der Waals surface area contributed by atoms with Crippen molar-refractivity contribution in [3.63, 3.8) is 0 Å². The molecule has 1 N–H and O–H groups in total. The fraction of sp³-hybridized carbons (Fsp3) is 0.929. The number of nitrogens with zero attached hydrogens (tertiary/aromatic N) is 2. The molecule has 0 aromatic carbocycles. The molecule has 122 valence electrons. The quantitative estimate of drug-likeness (QED) is 0.815. The molecule has 0 aliphatic carbocycles. The van der Waals surface area contributed by atoms with Crippen molar-refractivity contribution in [1.29, 1.82) is 0 Å². The van der Waals surface area contributed by atoms with Gasteiger partial charge in [0.25, 0.3) is 0 Å². The zero-order valence-electron chi connectivity index (χ0n) is 13.0. The minimum Gasteiger partial charge on any atom is -0.341 e. The summed E-state index contributed by atoms with van der Waals surface area (Å²) in [5.41, 5.74) is 0. The number of piperidine rings is 2. The Balaban J connectivity index is 1.78. The Kier molecular flexibility index (Phi) is 5.62. The van der Waals surface area contributed by atoms with Crippen molar-refractivity contribution in [2.45, 2.75) is 51.1 Å². The van der Waals surface area contributed by atoms with Crippen molar-refractivity contribution in [3.8, 4) is 0 Å². The molecule has 0 spiro atoms. The number of hydrogen-bond acceptors (Lipinski definition) is 4. The zero-order valence-corrected chi connectivity index (χ0v) is 13.9. The number of nitrogens with one attached hydrogen (secondary N) is 1. The third-order valence-corrected chi connectivity index (χ3v) is 5.75. The van der Waals surface area contributed by atoms with Crippen LogP contribution in [0.5, 0.6) is 0 Å². The van der Waals surface area contributed by atoms with E-state index in [-0.39, 0.29) is 18.0 Å². The van der Waals surface area contributed by atoms with Crippen LogP contribution >= 0.6 is 0 Å². The van der Waals surface area contributed by atoms with Crippen molar-refractivity contribution < 1.29 is 13.2 Å². The molecule has 2 rings (SSSR count). The summed E-state index contributed by atoms with van der Waals surface area (Å²) >= 11 is 0. The van der Waals surface area contributed by atoms with E-state index in [4.69, 9.17) is 0 Å². The number of amides is 1. The molecule has 0 aromatic heterocycles. The van der Waals surface area contributed by atoms with Gasteiger partial charge in [0.15, 0.2) is 0 Å². The molecule has 0 bridgehead atoms. The summed E-state index contributed by atoms with van der Waals surface area (Å²) < 4.78 is 24.5. The largest absolute Gasteiger partial charge is 0.341 e. The van der Waals surface area contributed by atoms with Crippen LogP contribution < -0.4 is 5.32 Å². The highest BCUT2D eigenvalue weighted by Crippen LogP contribution is 2.15. The highest BCUT2D eigenvalue weighted by Gasteiger charge is 2.28. The molecule has 2 fully saturated rings. The number of sulfonamides is 1. The summed E-state index contributed by atoms with van der Waals surface area (Å²) in [6.07, 6.45) is 6.21. The lowest BCUT2D eigenvalue weighted by molar-refractivity contribution is -0.134. The van der Waals surface area contributed by atoms with Crippen LogP contribution in [0.15, 0.2) is 0 Å². The van der Waals surface area contributed by atoms with Crippen LogP contribution in [0, 0.1) is 0 Å². The maximum atomic E-state index is 12.4. The molecule has 1 unspecified atom stereocenters. The van der Waals surface area contributed by atoms with Crippen molar-refractivity contribution in [3.05, 3.63) is 0 Å². The van der Waals surface area contributed by atoms with Gasteiger partial charge < -0.3 is 10.2 Å². The molecule has 0 saturated carbocycles. The van der Waals surface area contributed by atoms with Crippen molar-refractivity contribution >= 4 is 15.9 Å². The van der Waals surface area contributed by atoms with E-state index < -0.39 is 10.0 Å². The maximum Gasteiger partial charge on any atom is 0.239 e.